The summed E-state index contributed by atoms with van der Waals surface area (Å²) < 4.78 is 11.2. The van der Waals surface area contributed by atoms with E-state index >= 15 is 0 Å². The Kier molecular flexibility index (Phi) is 3.53. The van der Waals surface area contributed by atoms with Crippen molar-refractivity contribution in [2.75, 3.05) is 6.61 Å². The molecule has 0 spiro atoms. The highest BCUT2D eigenvalue weighted by Gasteiger charge is 2.35. The minimum absolute atomic E-state index is 0.0463. The molecule has 3 atom stereocenters. The van der Waals surface area contributed by atoms with Crippen LogP contribution in [0.25, 0.3) is 0 Å². The van der Waals surface area contributed by atoms with Gasteiger partial charge in [-0.15, -0.1) is 0 Å². The second-order valence-electron chi connectivity index (χ2n) is 3.91. The first-order valence-corrected chi connectivity index (χ1v) is 4.92. The highest BCUT2D eigenvalue weighted by atomic mass is 16.7. The fourth-order valence-electron chi connectivity index (χ4n) is 1.79. The van der Waals surface area contributed by atoms with Gasteiger partial charge in [0.25, 0.3) is 0 Å². The molecule has 1 fully saturated rings. The Labute approximate surface area is 75.2 Å². The van der Waals surface area contributed by atoms with Gasteiger partial charge in [0.15, 0.2) is 6.29 Å². The van der Waals surface area contributed by atoms with Crippen molar-refractivity contribution in [3.05, 3.63) is 0 Å². The molecule has 0 aromatic rings. The molecule has 0 radical (unpaired) electrons. The van der Waals surface area contributed by atoms with E-state index in [1.54, 1.807) is 0 Å². The van der Waals surface area contributed by atoms with Crippen LogP contribution in [0.5, 0.6) is 0 Å². The summed E-state index contributed by atoms with van der Waals surface area (Å²) in [5.41, 5.74) is 0. The molecule has 1 rings (SSSR count). The Balaban J connectivity index is 2.47. The maximum atomic E-state index is 5.65. The van der Waals surface area contributed by atoms with Crippen molar-refractivity contribution in [3.63, 3.8) is 0 Å². The van der Waals surface area contributed by atoms with Gasteiger partial charge in [0.1, 0.15) is 0 Å². The number of hydrogen-bond acceptors (Lipinski definition) is 2. The molecular weight excluding hydrogens is 152 g/mol. The van der Waals surface area contributed by atoms with Crippen LogP contribution in [0.15, 0.2) is 0 Å². The molecule has 2 nitrogen and oxygen atoms in total. The highest BCUT2D eigenvalue weighted by molar-refractivity contribution is 4.77. The second kappa shape index (κ2) is 4.24. The lowest BCUT2D eigenvalue weighted by molar-refractivity contribution is -0.149. The van der Waals surface area contributed by atoms with E-state index in [0.717, 1.165) is 13.0 Å². The zero-order chi connectivity index (χ0) is 9.14. The van der Waals surface area contributed by atoms with Crippen LogP contribution >= 0.6 is 0 Å². The molecule has 3 unspecified atom stereocenters. The van der Waals surface area contributed by atoms with E-state index < -0.39 is 0 Å². The van der Waals surface area contributed by atoms with Crippen LogP contribution in [0.1, 0.15) is 34.1 Å². The van der Waals surface area contributed by atoms with E-state index in [2.05, 4.69) is 20.8 Å². The van der Waals surface area contributed by atoms with Gasteiger partial charge in [0.2, 0.25) is 0 Å². The SMILES string of the molecule is CCOC1OC(C)CC1C(C)C. The lowest BCUT2D eigenvalue weighted by atomic mass is 9.92. The summed E-state index contributed by atoms with van der Waals surface area (Å²) >= 11 is 0. The van der Waals surface area contributed by atoms with E-state index in [1.165, 1.54) is 0 Å². The molecule has 0 aromatic heterocycles. The monoisotopic (exact) mass is 172 g/mol. The van der Waals surface area contributed by atoms with Gasteiger partial charge in [0, 0.05) is 12.5 Å². The average Bonchev–Trinajstić information content (AvgIpc) is 2.32. The van der Waals surface area contributed by atoms with Gasteiger partial charge in [-0.3, -0.25) is 0 Å². The van der Waals surface area contributed by atoms with Gasteiger partial charge >= 0.3 is 0 Å². The van der Waals surface area contributed by atoms with E-state index in [-0.39, 0.29) is 6.29 Å². The van der Waals surface area contributed by atoms with E-state index in [0.29, 0.717) is 17.9 Å². The molecule has 2 heteroatoms. The molecule has 1 aliphatic heterocycles. The summed E-state index contributed by atoms with van der Waals surface area (Å²) in [6.07, 6.45) is 1.56. The normalized spacial score (nSPS) is 36.2. The molecular formula is C10H20O2. The maximum absolute atomic E-state index is 5.65. The van der Waals surface area contributed by atoms with Crippen LogP contribution in [0, 0.1) is 11.8 Å². The fraction of sp³-hybridized carbons (Fsp3) is 1.00. The molecule has 0 aliphatic carbocycles. The van der Waals surface area contributed by atoms with Crippen molar-refractivity contribution >= 4 is 0 Å². The van der Waals surface area contributed by atoms with E-state index in [4.69, 9.17) is 9.47 Å². The third-order valence-electron chi connectivity index (χ3n) is 2.51. The highest BCUT2D eigenvalue weighted by Crippen LogP contribution is 2.32. The molecule has 0 amide bonds. The van der Waals surface area contributed by atoms with Crippen molar-refractivity contribution in [1.82, 2.24) is 0 Å². The van der Waals surface area contributed by atoms with E-state index in [9.17, 15) is 0 Å². The van der Waals surface area contributed by atoms with Crippen molar-refractivity contribution in [2.45, 2.75) is 46.5 Å². The van der Waals surface area contributed by atoms with Crippen LogP contribution in [0.3, 0.4) is 0 Å². The molecule has 1 saturated heterocycles. The summed E-state index contributed by atoms with van der Waals surface area (Å²) in [6.45, 7) is 9.36. The number of ether oxygens (including phenoxy) is 2. The van der Waals surface area contributed by atoms with Crippen molar-refractivity contribution in [2.24, 2.45) is 11.8 Å². The van der Waals surface area contributed by atoms with Crippen LogP contribution in [0.4, 0.5) is 0 Å². The van der Waals surface area contributed by atoms with E-state index in [1.807, 2.05) is 6.92 Å². The van der Waals surface area contributed by atoms with Gasteiger partial charge in [-0.25, -0.2) is 0 Å². The first-order valence-electron chi connectivity index (χ1n) is 4.92. The van der Waals surface area contributed by atoms with Crippen molar-refractivity contribution in [3.8, 4) is 0 Å². The lowest BCUT2D eigenvalue weighted by Gasteiger charge is -2.20. The van der Waals surface area contributed by atoms with Gasteiger partial charge < -0.3 is 9.47 Å². The Bertz CT molecular complexity index is 134. The van der Waals surface area contributed by atoms with Gasteiger partial charge in [0.05, 0.1) is 6.10 Å². The zero-order valence-corrected chi connectivity index (χ0v) is 8.54. The third kappa shape index (κ3) is 2.20. The van der Waals surface area contributed by atoms with Gasteiger partial charge in [-0.05, 0) is 26.2 Å². The standard InChI is InChI=1S/C10H20O2/c1-5-11-10-9(7(2)3)6-8(4)12-10/h7-10H,5-6H2,1-4H3. The minimum Gasteiger partial charge on any atom is -0.353 e. The predicted molar refractivity (Wildman–Crippen MR) is 48.9 cm³/mol. The molecule has 1 aliphatic rings. The van der Waals surface area contributed by atoms with Crippen LogP contribution in [0.2, 0.25) is 0 Å². The van der Waals surface area contributed by atoms with Gasteiger partial charge in [-0.1, -0.05) is 13.8 Å². The number of hydrogen-bond donors (Lipinski definition) is 0. The van der Waals surface area contributed by atoms with Crippen molar-refractivity contribution in [1.29, 1.82) is 0 Å². The maximum Gasteiger partial charge on any atom is 0.161 e. The third-order valence-corrected chi connectivity index (χ3v) is 2.51. The zero-order valence-electron chi connectivity index (χ0n) is 8.54. The Morgan fingerprint density at radius 1 is 1.50 bits per heavy atom. The van der Waals surface area contributed by atoms with Crippen LogP contribution < -0.4 is 0 Å². The Hall–Kier alpha value is -0.0800. The Morgan fingerprint density at radius 3 is 2.67 bits per heavy atom. The molecule has 0 bridgehead atoms. The average molecular weight is 172 g/mol. The van der Waals surface area contributed by atoms with Crippen LogP contribution in [-0.2, 0) is 9.47 Å². The molecule has 1 heterocycles. The first kappa shape index (κ1) is 10.0. The first-order chi connectivity index (χ1) is 5.65. The molecule has 0 N–H and O–H groups in total. The second-order valence-corrected chi connectivity index (χ2v) is 3.91. The molecule has 72 valence electrons. The molecule has 0 saturated carbocycles. The summed E-state index contributed by atoms with van der Waals surface area (Å²) in [4.78, 5) is 0. The predicted octanol–water partition coefficient (Wildman–Crippen LogP) is 2.43. The Morgan fingerprint density at radius 2 is 2.17 bits per heavy atom. The summed E-state index contributed by atoms with van der Waals surface area (Å²) in [6, 6.07) is 0. The lowest BCUT2D eigenvalue weighted by Crippen LogP contribution is -2.23. The molecule has 0 aromatic carbocycles. The molecule has 12 heavy (non-hydrogen) atoms. The summed E-state index contributed by atoms with van der Waals surface area (Å²) in [5.74, 6) is 1.24. The fourth-order valence-corrected chi connectivity index (χ4v) is 1.79. The minimum atomic E-state index is 0.0463. The summed E-state index contributed by atoms with van der Waals surface area (Å²) in [5, 5.41) is 0. The topological polar surface area (TPSA) is 18.5 Å². The summed E-state index contributed by atoms with van der Waals surface area (Å²) in [7, 11) is 0. The number of rotatable bonds is 3. The largest absolute Gasteiger partial charge is 0.353 e. The van der Waals surface area contributed by atoms with Crippen LogP contribution in [-0.4, -0.2) is 19.0 Å². The quantitative estimate of drug-likeness (QED) is 0.651. The smallest absolute Gasteiger partial charge is 0.161 e. The van der Waals surface area contributed by atoms with Gasteiger partial charge in [-0.2, -0.15) is 0 Å². The van der Waals surface area contributed by atoms with Crippen molar-refractivity contribution < 1.29 is 9.47 Å².